The van der Waals surface area contributed by atoms with Crippen LogP contribution in [0.4, 0.5) is 4.79 Å². The van der Waals surface area contributed by atoms with Gasteiger partial charge in [0.25, 0.3) is 0 Å². The summed E-state index contributed by atoms with van der Waals surface area (Å²) < 4.78 is 10.5. The Morgan fingerprint density at radius 2 is 2.25 bits per heavy atom. The van der Waals surface area contributed by atoms with E-state index in [1.807, 2.05) is 18.2 Å². The molecule has 0 radical (unpaired) electrons. The summed E-state index contributed by atoms with van der Waals surface area (Å²) in [5.74, 6) is 0.580. The highest BCUT2D eigenvalue weighted by Crippen LogP contribution is 2.31. The predicted octanol–water partition coefficient (Wildman–Crippen LogP) is 3.54. The van der Waals surface area contributed by atoms with Gasteiger partial charge >= 0.3 is 6.03 Å². The van der Waals surface area contributed by atoms with E-state index in [-0.39, 0.29) is 24.6 Å². The van der Waals surface area contributed by atoms with Crippen molar-refractivity contribution in [3.63, 3.8) is 0 Å². The zero-order valence-electron chi connectivity index (χ0n) is 18.1. The number of piperidine rings is 1. The number of likely N-dealkylation sites (tertiary alicyclic amines) is 1. The topological polar surface area (TPSA) is 104 Å². The Balaban J connectivity index is 1.36. The van der Waals surface area contributed by atoms with Gasteiger partial charge in [-0.25, -0.2) is 4.79 Å². The normalized spacial score (nSPS) is 16.2. The molecule has 1 unspecified atom stereocenters. The summed E-state index contributed by atoms with van der Waals surface area (Å²) >= 11 is 6.35. The van der Waals surface area contributed by atoms with Crippen molar-refractivity contribution in [2.75, 3.05) is 20.1 Å². The number of nitrogens with zero attached hydrogens (tertiary/aromatic N) is 3. The molecular formula is C22H26ClN5O4. The van der Waals surface area contributed by atoms with Crippen molar-refractivity contribution >= 4 is 34.4 Å². The Bertz CT molecular complexity index is 1100. The van der Waals surface area contributed by atoms with Crippen molar-refractivity contribution in [3.8, 4) is 5.75 Å². The second kappa shape index (κ2) is 9.52. The SMILES string of the molecule is CC(=O)N1CCCC(N(C)C(=O)NCc2cc3cc(Cl)c(OCc4ccon4)cc3[nH]2)C1. The quantitative estimate of drug-likeness (QED) is 0.586. The molecule has 0 bridgehead atoms. The van der Waals surface area contributed by atoms with E-state index in [4.69, 9.17) is 20.9 Å². The van der Waals surface area contributed by atoms with E-state index >= 15 is 0 Å². The Morgan fingerprint density at radius 3 is 3.00 bits per heavy atom. The monoisotopic (exact) mass is 459 g/mol. The third-order valence-corrected chi connectivity index (χ3v) is 6.03. The molecule has 3 amide bonds. The maximum absolute atomic E-state index is 12.7. The fourth-order valence-corrected chi connectivity index (χ4v) is 4.11. The molecule has 10 heteroatoms. The number of carbonyl (C=O) groups excluding carboxylic acids is 2. The van der Waals surface area contributed by atoms with Crippen molar-refractivity contribution in [1.29, 1.82) is 0 Å². The zero-order valence-corrected chi connectivity index (χ0v) is 18.8. The summed E-state index contributed by atoms with van der Waals surface area (Å²) in [7, 11) is 1.77. The molecule has 1 aliphatic rings. The lowest BCUT2D eigenvalue weighted by atomic mass is 10.0. The third kappa shape index (κ3) is 4.99. The van der Waals surface area contributed by atoms with Crippen LogP contribution in [0.3, 0.4) is 0 Å². The Hall–Kier alpha value is -3.20. The molecule has 2 N–H and O–H groups in total. The van der Waals surface area contributed by atoms with Crippen LogP contribution in [0.25, 0.3) is 10.9 Å². The van der Waals surface area contributed by atoms with Crippen molar-refractivity contribution in [2.45, 2.75) is 39.0 Å². The van der Waals surface area contributed by atoms with Gasteiger partial charge in [-0.2, -0.15) is 0 Å². The number of aromatic nitrogens is 2. The largest absolute Gasteiger partial charge is 0.486 e. The Kier molecular flexibility index (Phi) is 6.55. The molecule has 9 nitrogen and oxygen atoms in total. The van der Waals surface area contributed by atoms with E-state index in [1.165, 1.54) is 6.26 Å². The number of fused-ring (bicyclic) bond motifs is 1. The van der Waals surface area contributed by atoms with Crippen LogP contribution < -0.4 is 10.1 Å². The Labute approximate surface area is 190 Å². The number of halogens is 1. The van der Waals surface area contributed by atoms with Crippen LogP contribution in [0, 0.1) is 0 Å². The summed E-state index contributed by atoms with van der Waals surface area (Å²) in [5.41, 5.74) is 2.37. The van der Waals surface area contributed by atoms with Crippen LogP contribution in [0.15, 0.2) is 35.1 Å². The number of nitrogens with one attached hydrogen (secondary N) is 2. The lowest BCUT2D eigenvalue weighted by molar-refractivity contribution is -0.130. The number of hydrogen-bond donors (Lipinski definition) is 2. The molecule has 1 atom stereocenters. The fraction of sp³-hybridized carbons (Fsp3) is 0.409. The Morgan fingerprint density at radius 1 is 1.41 bits per heavy atom. The number of carbonyl (C=O) groups is 2. The molecule has 0 saturated carbocycles. The average Bonchev–Trinajstić information content (AvgIpc) is 3.44. The molecule has 1 saturated heterocycles. The molecule has 0 aliphatic carbocycles. The first-order chi connectivity index (χ1) is 15.4. The highest BCUT2D eigenvalue weighted by atomic mass is 35.5. The van der Waals surface area contributed by atoms with Gasteiger partial charge < -0.3 is 29.4 Å². The lowest BCUT2D eigenvalue weighted by Crippen LogP contribution is -2.52. The van der Waals surface area contributed by atoms with Crippen LogP contribution in [0.2, 0.25) is 5.02 Å². The molecule has 1 aromatic carbocycles. The van der Waals surface area contributed by atoms with Crippen LogP contribution in [0.1, 0.15) is 31.2 Å². The smallest absolute Gasteiger partial charge is 0.317 e. The number of likely N-dealkylation sites (N-methyl/N-ethyl adjacent to an activating group) is 1. The minimum Gasteiger partial charge on any atom is -0.486 e. The average molecular weight is 460 g/mol. The minimum atomic E-state index is -0.172. The van der Waals surface area contributed by atoms with Crippen molar-refractivity contribution in [2.24, 2.45) is 0 Å². The van der Waals surface area contributed by atoms with E-state index in [1.54, 1.807) is 29.8 Å². The van der Waals surface area contributed by atoms with E-state index in [0.717, 1.165) is 36.0 Å². The molecule has 2 aromatic heterocycles. The van der Waals surface area contributed by atoms with Crippen molar-refractivity contribution < 1.29 is 18.8 Å². The van der Waals surface area contributed by atoms with Gasteiger partial charge in [-0.1, -0.05) is 16.8 Å². The number of aromatic amines is 1. The van der Waals surface area contributed by atoms with Gasteiger partial charge in [-0.15, -0.1) is 0 Å². The standard InChI is InChI=1S/C22H26ClN5O4/c1-14(29)28-6-3-4-18(12-28)27(2)22(30)24-11-17-8-15-9-19(23)21(10-20(15)25-17)31-13-16-5-7-32-26-16/h5,7-10,18,25H,3-4,6,11-13H2,1-2H3,(H,24,30). The first kappa shape index (κ1) is 22.0. The van der Waals surface area contributed by atoms with Crippen LogP contribution in [-0.2, 0) is 17.9 Å². The van der Waals surface area contributed by atoms with E-state index in [0.29, 0.717) is 29.6 Å². The van der Waals surface area contributed by atoms with Crippen LogP contribution in [-0.4, -0.2) is 58.1 Å². The van der Waals surface area contributed by atoms with Gasteiger partial charge in [0.05, 0.1) is 17.6 Å². The highest BCUT2D eigenvalue weighted by molar-refractivity contribution is 6.32. The van der Waals surface area contributed by atoms with Gasteiger partial charge in [0, 0.05) is 55.8 Å². The second-order valence-corrected chi connectivity index (χ2v) is 8.38. The summed E-state index contributed by atoms with van der Waals surface area (Å²) in [6.45, 7) is 3.48. The molecule has 32 heavy (non-hydrogen) atoms. The van der Waals surface area contributed by atoms with E-state index in [2.05, 4.69) is 15.5 Å². The van der Waals surface area contributed by atoms with Crippen LogP contribution >= 0.6 is 11.6 Å². The van der Waals surface area contributed by atoms with Crippen molar-refractivity contribution in [1.82, 2.24) is 25.3 Å². The summed E-state index contributed by atoms with van der Waals surface area (Å²) in [6, 6.07) is 7.16. The van der Waals surface area contributed by atoms with Crippen molar-refractivity contribution in [3.05, 3.63) is 46.9 Å². The van der Waals surface area contributed by atoms with Gasteiger partial charge in [0.15, 0.2) is 0 Å². The molecular weight excluding hydrogens is 434 g/mol. The number of rotatable bonds is 6. The molecule has 3 heterocycles. The maximum Gasteiger partial charge on any atom is 0.317 e. The van der Waals surface area contributed by atoms with E-state index < -0.39 is 0 Å². The minimum absolute atomic E-state index is 0.0126. The van der Waals surface area contributed by atoms with Gasteiger partial charge in [-0.05, 0) is 25.0 Å². The predicted molar refractivity (Wildman–Crippen MR) is 119 cm³/mol. The molecule has 3 aromatic rings. The van der Waals surface area contributed by atoms with E-state index in [9.17, 15) is 9.59 Å². The first-order valence-corrected chi connectivity index (χ1v) is 10.9. The summed E-state index contributed by atoms with van der Waals surface area (Å²) in [4.78, 5) is 31.1. The number of urea groups is 1. The summed E-state index contributed by atoms with van der Waals surface area (Å²) in [5, 5.41) is 8.17. The second-order valence-electron chi connectivity index (χ2n) is 7.97. The molecule has 4 rings (SSSR count). The van der Waals surface area contributed by atoms with Gasteiger partial charge in [-0.3, -0.25) is 4.79 Å². The molecule has 0 spiro atoms. The fourth-order valence-electron chi connectivity index (χ4n) is 3.88. The molecule has 170 valence electrons. The number of amides is 3. The maximum atomic E-state index is 12.7. The lowest BCUT2D eigenvalue weighted by Gasteiger charge is -2.37. The van der Waals surface area contributed by atoms with Gasteiger partial charge in [0.2, 0.25) is 5.91 Å². The zero-order chi connectivity index (χ0) is 22.7. The number of H-pyrrole nitrogens is 1. The number of ether oxygens (including phenoxy) is 1. The van der Waals surface area contributed by atoms with Gasteiger partial charge in [0.1, 0.15) is 24.3 Å². The summed E-state index contributed by atoms with van der Waals surface area (Å²) in [6.07, 6.45) is 3.27. The van der Waals surface area contributed by atoms with Crippen LogP contribution in [0.5, 0.6) is 5.75 Å². The highest BCUT2D eigenvalue weighted by Gasteiger charge is 2.27. The molecule has 1 fully saturated rings. The first-order valence-electron chi connectivity index (χ1n) is 10.5. The molecule has 1 aliphatic heterocycles. The third-order valence-electron chi connectivity index (χ3n) is 5.74. The number of benzene rings is 1. The number of hydrogen-bond acceptors (Lipinski definition) is 5.